The van der Waals surface area contributed by atoms with Gasteiger partial charge in [0.15, 0.2) is 0 Å². The maximum absolute atomic E-state index is 2.49. The fourth-order valence-electron chi connectivity index (χ4n) is 2.92. The van der Waals surface area contributed by atoms with E-state index in [2.05, 4.69) is 81.1 Å². The molecule has 0 saturated carbocycles. The second-order valence-electron chi connectivity index (χ2n) is 5.99. The molecule has 2 rings (SSSR count). The number of hydrogen-bond acceptors (Lipinski definition) is 1. The molecular weight excluding hydrogens is 254 g/mol. The zero-order valence-electron chi connectivity index (χ0n) is 13.8. The van der Waals surface area contributed by atoms with Crippen LogP contribution < -0.4 is 4.90 Å². The van der Waals surface area contributed by atoms with Gasteiger partial charge >= 0.3 is 0 Å². The molecule has 0 fully saturated rings. The highest BCUT2D eigenvalue weighted by molar-refractivity contribution is 5.67. The van der Waals surface area contributed by atoms with Gasteiger partial charge in [-0.15, -0.1) is 0 Å². The molecule has 0 aliphatic carbocycles. The Morgan fingerprint density at radius 2 is 1.71 bits per heavy atom. The summed E-state index contributed by atoms with van der Waals surface area (Å²) in [5.41, 5.74) is 5.29. The van der Waals surface area contributed by atoms with Crippen LogP contribution in [0.1, 0.15) is 44.2 Å². The van der Waals surface area contributed by atoms with E-state index in [-0.39, 0.29) is 0 Å². The van der Waals surface area contributed by atoms with Crippen molar-refractivity contribution >= 4 is 11.4 Å². The standard InChI is InChI=1S/C20H27N/c1-5-6-10-18(4)21(19-11-8-7-9-12-19)20-14-13-16(2)15-17(20)3/h7-9,11-15,18H,5-6,10H2,1-4H3. The lowest BCUT2D eigenvalue weighted by atomic mass is 10.0. The maximum atomic E-state index is 2.49. The van der Waals surface area contributed by atoms with E-state index >= 15 is 0 Å². The van der Waals surface area contributed by atoms with Crippen molar-refractivity contribution < 1.29 is 0 Å². The monoisotopic (exact) mass is 281 g/mol. The van der Waals surface area contributed by atoms with Gasteiger partial charge < -0.3 is 4.90 Å². The Morgan fingerprint density at radius 3 is 2.33 bits per heavy atom. The number of benzene rings is 2. The Bertz CT molecular complexity index is 559. The molecule has 0 aliphatic rings. The molecule has 0 aliphatic heterocycles. The van der Waals surface area contributed by atoms with Gasteiger partial charge in [0.25, 0.3) is 0 Å². The fourth-order valence-corrected chi connectivity index (χ4v) is 2.92. The van der Waals surface area contributed by atoms with E-state index in [1.165, 1.54) is 41.8 Å². The first-order valence-electron chi connectivity index (χ1n) is 8.05. The summed E-state index contributed by atoms with van der Waals surface area (Å²) in [7, 11) is 0. The number of nitrogens with zero attached hydrogens (tertiary/aromatic N) is 1. The van der Waals surface area contributed by atoms with Crippen molar-refractivity contribution in [1.82, 2.24) is 0 Å². The van der Waals surface area contributed by atoms with Crippen molar-refractivity contribution in [3.63, 3.8) is 0 Å². The SMILES string of the molecule is CCCCC(C)N(c1ccccc1)c1ccc(C)cc1C. The number of para-hydroxylation sites is 1. The summed E-state index contributed by atoms with van der Waals surface area (Å²) in [5, 5.41) is 0. The van der Waals surface area contributed by atoms with E-state index < -0.39 is 0 Å². The number of unbranched alkanes of at least 4 members (excludes halogenated alkanes) is 1. The first kappa shape index (κ1) is 15.6. The van der Waals surface area contributed by atoms with E-state index in [4.69, 9.17) is 0 Å². The lowest BCUT2D eigenvalue weighted by molar-refractivity contribution is 0.602. The Kier molecular flexibility index (Phi) is 5.44. The average Bonchev–Trinajstić information content (AvgIpc) is 2.49. The summed E-state index contributed by atoms with van der Waals surface area (Å²) >= 11 is 0. The Morgan fingerprint density at radius 1 is 1.00 bits per heavy atom. The molecule has 1 atom stereocenters. The Labute approximate surface area is 129 Å². The lowest BCUT2D eigenvalue weighted by Crippen LogP contribution is -2.29. The molecule has 0 amide bonds. The first-order chi connectivity index (χ1) is 10.1. The summed E-state index contributed by atoms with van der Waals surface area (Å²) in [5.74, 6) is 0. The minimum absolute atomic E-state index is 0.508. The van der Waals surface area contributed by atoms with Gasteiger partial charge in [-0.3, -0.25) is 0 Å². The molecule has 0 bridgehead atoms. The van der Waals surface area contributed by atoms with Crippen molar-refractivity contribution in [3.8, 4) is 0 Å². The highest BCUT2D eigenvalue weighted by Crippen LogP contribution is 2.32. The Hall–Kier alpha value is -1.76. The van der Waals surface area contributed by atoms with E-state index in [9.17, 15) is 0 Å². The summed E-state index contributed by atoms with van der Waals surface area (Å²) in [6.45, 7) is 8.97. The van der Waals surface area contributed by atoms with Gasteiger partial charge in [-0.25, -0.2) is 0 Å². The highest BCUT2D eigenvalue weighted by atomic mass is 15.2. The quantitative estimate of drug-likeness (QED) is 0.625. The third-order valence-electron chi connectivity index (χ3n) is 4.06. The van der Waals surface area contributed by atoms with Crippen molar-refractivity contribution in [1.29, 1.82) is 0 Å². The van der Waals surface area contributed by atoms with Crippen LogP contribution in [0.25, 0.3) is 0 Å². The summed E-state index contributed by atoms with van der Waals surface area (Å²) in [4.78, 5) is 2.49. The maximum Gasteiger partial charge on any atom is 0.0443 e. The van der Waals surface area contributed by atoms with Gasteiger partial charge in [-0.05, 0) is 51.0 Å². The van der Waals surface area contributed by atoms with E-state index in [0.717, 1.165) is 0 Å². The summed E-state index contributed by atoms with van der Waals surface area (Å²) in [6, 6.07) is 18.0. The first-order valence-corrected chi connectivity index (χ1v) is 8.05. The molecule has 2 aromatic carbocycles. The number of anilines is 2. The molecule has 0 spiro atoms. The van der Waals surface area contributed by atoms with Gasteiger partial charge in [0, 0.05) is 17.4 Å². The largest absolute Gasteiger partial charge is 0.338 e. The smallest absolute Gasteiger partial charge is 0.0443 e. The van der Waals surface area contributed by atoms with Gasteiger partial charge in [0.1, 0.15) is 0 Å². The van der Waals surface area contributed by atoms with Crippen LogP contribution in [0.5, 0.6) is 0 Å². The fraction of sp³-hybridized carbons (Fsp3) is 0.400. The predicted octanol–water partition coefficient (Wildman–Crippen LogP) is 6.02. The Balaban J connectivity index is 2.40. The van der Waals surface area contributed by atoms with E-state index in [1.807, 2.05) is 0 Å². The molecule has 1 heteroatoms. The second-order valence-corrected chi connectivity index (χ2v) is 5.99. The molecular formula is C20H27N. The average molecular weight is 281 g/mol. The molecule has 2 aromatic rings. The minimum Gasteiger partial charge on any atom is -0.338 e. The van der Waals surface area contributed by atoms with Crippen LogP contribution in [0.3, 0.4) is 0 Å². The molecule has 0 radical (unpaired) electrons. The van der Waals surface area contributed by atoms with Crippen LogP contribution in [0.15, 0.2) is 48.5 Å². The zero-order chi connectivity index (χ0) is 15.2. The van der Waals surface area contributed by atoms with E-state index in [1.54, 1.807) is 0 Å². The molecule has 21 heavy (non-hydrogen) atoms. The van der Waals surface area contributed by atoms with Gasteiger partial charge in [0.2, 0.25) is 0 Å². The number of aryl methyl sites for hydroxylation is 2. The lowest BCUT2D eigenvalue weighted by Gasteiger charge is -2.33. The van der Waals surface area contributed by atoms with Crippen molar-refractivity contribution in [2.45, 2.75) is 53.0 Å². The topological polar surface area (TPSA) is 3.24 Å². The molecule has 0 heterocycles. The van der Waals surface area contributed by atoms with Crippen LogP contribution in [0, 0.1) is 13.8 Å². The molecule has 1 unspecified atom stereocenters. The van der Waals surface area contributed by atoms with Crippen molar-refractivity contribution in [2.75, 3.05) is 4.90 Å². The normalized spacial score (nSPS) is 12.2. The minimum atomic E-state index is 0.508. The third-order valence-corrected chi connectivity index (χ3v) is 4.06. The second kappa shape index (κ2) is 7.31. The molecule has 0 aromatic heterocycles. The molecule has 0 saturated heterocycles. The van der Waals surface area contributed by atoms with Crippen LogP contribution in [-0.4, -0.2) is 6.04 Å². The highest BCUT2D eigenvalue weighted by Gasteiger charge is 2.17. The number of hydrogen-bond donors (Lipinski definition) is 0. The predicted molar refractivity (Wildman–Crippen MR) is 93.5 cm³/mol. The van der Waals surface area contributed by atoms with Crippen LogP contribution in [0.4, 0.5) is 11.4 Å². The van der Waals surface area contributed by atoms with Gasteiger partial charge in [-0.1, -0.05) is 55.7 Å². The van der Waals surface area contributed by atoms with Gasteiger partial charge in [0.05, 0.1) is 0 Å². The van der Waals surface area contributed by atoms with Crippen molar-refractivity contribution in [3.05, 3.63) is 59.7 Å². The van der Waals surface area contributed by atoms with Crippen LogP contribution in [0.2, 0.25) is 0 Å². The van der Waals surface area contributed by atoms with Crippen LogP contribution in [-0.2, 0) is 0 Å². The van der Waals surface area contributed by atoms with Crippen molar-refractivity contribution in [2.24, 2.45) is 0 Å². The third kappa shape index (κ3) is 3.87. The summed E-state index contributed by atoms with van der Waals surface area (Å²) in [6.07, 6.45) is 3.74. The molecule has 0 N–H and O–H groups in total. The van der Waals surface area contributed by atoms with E-state index in [0.29, 0.717) is 6.04 Å². The zero-order valence-corrected chi connectivity index (χ0v) is 13.8. The molecule has 112 valence electrons. The molecule has 1 nitrogen and oxygen atoms in total. The summed E-state index contributed by atoms with van der Waals surface area (Å²) < 4.78 is 0. The number of rotatable bonds is 6. The van der Waals surface area contributed by atoms with Gasteiger partial charge in [-0.2, -0.15) is 0 Å². The van der Waals surface area contributed by atoms with Crippen LogP contribution >= 0.6 is 0 Å².